The molecular weight excluding hydrogens is 146 g/mol. The monoisotopic (exact) mass is 169 g/mol. The van der Waals surface area contributed by atoms with Crippen LogP contribution in [-0.4, -0.2) is 13.1 Å². The molecule has 0 aromatic carbocycles. The predicted octanol–water partition coefficient (Wildman–Crippen LogP) is 2.67. The van der Waals surface area contributed by atoms with Gasteiger partial charge in [0.05, 0.1) is 0 Å². The molecule has 1 heteroatoms. The van der Waals surface area contributed by atoms with E-state index < -0.39 is 0 Å². The maximum Gasteiger partial charge on any atom is -0.00172 e. The van der Waals surface area contributed by atoms with Crippen LogP contribution in [0.4, 0.5) is 0 Å². The maximum absolute atomic E-state index is 3.46. The molecular formula is C11H23N. The predicted molar refractivity (Wildman–Crippen MR) is 54.2 cm³/mol. The van der Waals surface area contributed by atoms with E-state index in [4.69, 9.17) is 0 Å². The lowest BCUT2D eigenvalue weighted by molar-refractivity contribution is 0.162. The highest BCUT2D eigenvalue weighted by molar-refractivity contribution is 4.84. The summed E-state index contributed by atoms with van der Waals surface area (Å²) in [6.07, 6.45) is 2.71. The van der Waals surface area contributed by atoms with Gasteiger partial charge in [-0.1, -0.05) is 34.1 Å². The first kappa shape index (κ1) is 10.0. The second kappa shape index (κ2) is 3.78. The van der Waals surface area contributed by atoms with Crippen LogP contribution in [0.25, 0.3) is 0 Å². The SMILES string of the molecule is CC[C@H](C1CCNC1)C(C)(C)C. The summed E-state index contributed by atoms with van der Waals surface area (Å²) in [6.45, 7) is 11.9. The van der Waals surface area contributed by atoms with Gasteiger partial charge < -0.3 is 5.32 Å². The third-order valence-electron chi connectivity index (χ3n) is 3.22. The molecule has 2 atom stereocenters. The highest BCUT2D eigenvalue weighted by Gasteiger charge is 2.31. The fourth-order valence-electron chi connectivity index (χ4n) is 2.67. The molecule has 1 nitrogen and oxygen atoms in total. The molecule has 1 rings (SSSR count). The van der Waals surface area contributed by atoms with Gasteiger partial charge in [0.2, 0.25) is 0 Å². The Hall–Kier alpha value is -0.0400. The zero-order valence-corrected chi connectivity index (χ0v) is 8.98. The summed E-state index contributed by atoms with van der Waals surface area (Å²) in [4.78, 5) is 0. The zero-order chi connectivity index (χ0) is 9.19. The summed E-state index contributed by atoms with van der Waals surface area (Å²) >= 11 is 0. The van der Waals surface area contributed by atoms with Crippen molar-refractivity contribution in [2.24, 2.45) is 17.3 Å². The van der Waals surface area contributed by atoms with Gasteiger partial charge in [-0.3, -0.25) is 0 Å². The van der Waals surface area contributed by atoms with Crippen molar-refractivity contribution in [2.75, 3.05) is 13.1 Å². The Morgan fingerprint density at radius 1 is 1.42 bits per heavy atom. The summed E-state index contributed by atoms with van der Waals surface area (Å²) in [5.74, 6) is 1.82. The van der Waals surface area contributed by atoms with Crippen molar-refractivity contribution in [3.05, 3.63) is 0 Å². The van der Waals surface area contributed by atoms with Crippen LogP contribution < -0.4 is 5.32 Å². The van der Waals surface area contributed by atoms with E-state index in [9.17, 15) is 0 Å². The Bertz CT molecular complexity index is 128. The third kappa shape index (κ3) is 2.22. The van der Waals surface area contributed by atoms with Crippen molar-refractivity contribution in [3.8, 4) is 0 Å². The van der Waals surface area contributed by atoms with E-state index in [2.05, 4.69) is 33.0 Å². The second-order valence-corrected chi connectivity index (χ2v) is 5.13. The molecule has 0 saturated carbocycles. The number of rotatable bonds is 2. The lowest BCUT2D eigenvalue weighted by Gasteiger charge is -2.34. The van der Waals surface area contributed by atoms with Crippen molar-refractivity contribution < 1.29 is 0 Å². The number of hydrogen-bond donors (Lipinski definition) is 1. The summed E-state index contributed by atoms with van der Waals surface area (Å²) in [7, 11) is 0. The smallest absolute Gasteiger partial charge is 0.00172 e. The minimum atomic E-state index is 0.492. The standard InChI is InChI=1S/C11H23N/c1-5-10(11(2,3)4)9-6-7-12-8-9/h9-10,12H,5-8H2,1-4H3/t9?,10-/m1/s1. The summed E-state index contributed by atoms with van der Waals surface area (Å²) in [5, 5.41) is 3.46. The molecule has 0 bridgehead atoms. The molecule has 1 heterocycles. The van der Waals surface area contributed by atoms with Crippen molar-refractivity contribution >= 4 is 0 Å². The Morgan fingerprint density at radius 3 is 2.42 bits per heavy atom. The summed E-state index contributed by atoms with van der Waals surface area (Å²) < 4.78 is 0. The highest BCUT2D eigenvalue weighted by atomic mass is 14.9. The van der Waals surface area contributed by atoms with E-state index in [1.54, 1.807) is 0 Å². The molecule has 1 unspecified atom stereocenters. The molecule has 0 amide bonds. The van der Waals surface area contributed by atoms with Crippen LogP contribution in [0.3, 0.4) is 0 Å². The molecule has 1 saturated heterocycles. The molecule has 12 heavy (non-hydrogen) atoms. The Kier molecular flexibility index (Phi) is 3.16. The normalized spacial score (nSPS) is 27.5. The first-order valence-corrected chi connectivity index (χ1v) is 5.26. The average molecular weight is 169 g/mol. The van der Waals surface area contributed by atoms with E-state index in [-0.39, 0.29) is 0 Å². The quantitative estimate of drug-likeness (QED) is 0.670. The molecule has 1 aliphatic heterocycles. The molecule has 1 N–H and O–H groups in total. The van der Waals surface area contributed by atoms with E-state index >= 15 is 0 Å². The van der Waals surface area contributed by atoms with Crippen molar-refractivity contribution in [3.63, 3.8) is 0 Å². The Balaban J connectivity index is 2.54. The largest absolute Gasteiger partial charge is 0.316 e. The topological polar surface area (TPSA) is 12.0 Å². The van der Waals surface area contributed by atoms with E-state index in [0.29, 0.717) is 5.41 Å². The van der Waals surface area contributed by atoms with Crippen LogP contribution in [0.5, 0.6) is 0 Å². The van der Waals surface area contributed by atoms with Gasteiger partial charge >= 0.3 is 0 Å². The first-order chi connectivity index (χ1) is 5.55. The summed E-state index contributed by atoms with van der Waals surface area (Å²) in [5.41, 5.74) is 0.492. The van der Waals surface area contributed by atoms with Crippen molar-refractivity contribution in [2.45, 2.75) is 40.5 Å². The molecule has 0 aromatic rings. The van der Waals surface area contributed by atoms with Gasteiger partial charge in [0.1, 0.15) is 0 Å². The van der Waals surface area contributed by atoms with Gasteiger partial charge in [0, 0.05) is 0 Å². The van der Waals surface area contributed by atoms with Crippen LogP contribution in [0.2, 0.25) is 0 Å². The summed E-state index contributed by atoms with van der Waals surface area (Å²) in [6, 6.07) is 0. The molecule has 0 aliphatic carbocycles. The Labute approximate surface area is 76.9 Å². The van der Waals surface area contributed by atoms with Gasteiger partial charge in [-0.25, -0.2) is 0 Å². The van der Waals surface area contributed by atoms with Crippen LogP contribution in [-0.2, 0) is 0 Å². The fraction of sp³-hybridized carbons (Fsp3) is 1.00. The molecule has 0 aromatic heterocycles. The van der Waals surface area contributed by atoms with E-state index in [1.165, 1.54) is 25.9 Å². The molecule has 1 fully saturated rings. The van der Waals surface area contributed by atoms with E-state index in [0.717, 1.165) is 11.8 Å². The first-order valence-electron chi connectivity index (χ1n) is 5.26. The lowest BCUT2D eigenvalue weighted by atomic mass is 9.71. The third-order valence-corrected chi connectivity index (χ3v) is 3.22. The van der Waals surface area contributed by atoms with Gasteiger partial charge in [-0.05, 0) is 36.8 Å². The molecule has 0 spiro atoms. The number of nitrogens with one attached hydrogen (secondary N) is 1. The van der Waals surface area contributed by atoms with Gasteiger partial charge in [-0.15, -0.1) is 0 Å². The maximum atomic E-state index is 3.46. The van der Waals surface area contributed by atoms with Crippen LogP contribution in [0.15, 0.2) is 0 Å². The van der Waals surface area contributed by atoms with Crippen LogP contribution >= 0.6 is 0 Å². The van der Waals surface area contributed by atoms with E-state index in [1.807, 2.05) is 0 Å². The van der Waals surface area contributed by atoms with Crippen LogP contribution in [0, 0.1) is 17.3 Å². The fourth-order valence-corrected chi connectivity index (χ4v) is 2.67. The van der Waals surface area contributed by atoms with Crippen molar-refractivity contribution in [1.82, 2.24) is 5.32 Å². The van der Waals surface area contributed by atoms with Crippen molar-refractivity contribution in [1.29, 1.82) is 0 Å². The molecule has 0 radical (unpaired) electrons. The van der Waals surface area contributed by atoms with Crippen LogP contribution in [0.1, 0.15) is 40.5 Å². The highest BCUT2D eigenvalue weighted by Crippen LogP contribution is 2.37. The van der Waals surface area contributed by atoms with Gasteiger partial charge in [0.25, 0.3) is 0 Å². The zero-order valence-electron chi connectivity index (χ0n) is 8.98. The second-order valence-electron chi connectivity index (χ2n) is 5.13. The molecule has 1 aliphatic rings. The van der Waals surface area contributed by atoms with Gasteiger partial charge in [-0.2, -0.15) is 0 Å². The minimum Gasteiger partial charge on any atom is -0.316 e. The number of hydrogen-bond acceptors (Lipinski definition) is 1. The lowest BCUT2D eigenvalue weighted by Crippen LogP contribution is -2.29. The van der Waals surface area contributed by atoms with Gasteiger partial charge in [0.15, 0.2) is 0 Å². The average Bonchev–Trinajstić information content (AvgIpc) is 2.38. The molecule has 72 valence electrons. The Morgan fingerprint density at radius 2 is 2.08 bits per heavy atom. The minimum absolute atomic E-state index is 0.492.